The summed E-state index contributed by atoms with van der Waals surface area (Å²) in [5.74, 6) is -1.78. The molecule has 1 aromatic rings. The average molecular weight is 244 g/mol. The number of carbonyl (C=O) groups is 2. The predicted molar refractivity (Wildman–Crippen MR) is 63.2 cm³/mol. The molecule has 3 atom stereocenters. The van der Waals surface area contributed by atoms with Crippen LogP contribution in [0.4, 0.5) is 0 Å². The molecule has 0 spiro atoms. The normalized spacial score (nSPS) is 34.1. The molecule has 0 saturated carbocycles. The van der Waals surface area contributed by atoms with Crippen LogP contribution in [-0.4, -0.2) is 33.5 Å². The Kier molecular flexibility index (Phi) is 2.12. The molecule has 1 aromatic carbocycles. The van der Waals surface area contributed by atoms with Gasteiger partial charge < -0.3 is 10.2 Å². The summed E-state index contributed by atoms with van der Waals surface area (Å²) in [5.41, 5.74) is -0.652. The van der Waals surface area contributed by atoms with Gasteiger partial charge in [-0.3, -0.25) is 9.59 Å². The minimum atomic E-state index is -1.79. The lowest BCUT2D eigenvalue weighted by molar-refractivity contribution is -0.128. The number of Topliss-reactive ketones (excluding diaryl/α,β-unsaturated/α-hetero) is 2. The second kappa shape index (κ2) is 3.37. The van der Waals surface area contributed by atoms with Crippen molar-refractivity contribution in [3.05, 3.63) is 47.0 Å². The third-order valence-corrected chi connectivity index (χ3v) is 3.79. The number of ketones is 2. The van der Waals surface area contributed by atoms with Crippen LogP contribution >= 0.6 is 0 Å². The molecule has 3 rings (SSSR count). The van der Waals surface area contributed by atoms with Crippen molar-refractivity contribution in [3.63, 3.8) is 0 Å². The van der Waals surface area contributed by atoms with Crippen LogP contribution in [-0.2, 0) is 4.79 Å². The summed E-state index contributed by atoms with van der Waals surface area (Å²) in [7, 11) is 0. The van der Waals surface area contributed by atoms with Crippen molar-refractivity contribution in [3.8, 4) is 0 Å². The first-order valence-electron chi connectivity index (χ1n) is 5.74. The summed E-state index contributed by atoms with van der Waals surface area (Å²) < 4.78 is 0. The molecule has 0 aromatic heterocycles. The lowest BCUT2D eigenvalue weighted by Gasteiger charge is -2.33. The number of fused-ring (bicyclic) bond motifs is 3. The molecule has 18 heavy (non-hydrogen) atoms. The quantitative estimate of drug-likeness (QED) is 0.700. The summed E-state index contributed by atoms with van der Waals surface area (Å²) in [6.07, 6.45) is -0.0951. The van der Waals surface area contributed by atoms with E-state index in [1.807, 2.05) is 0 Å². The molecule has 0 amide bonds. The molecule has 0 saturated heterocycles. The van der Waals surface area contributed by atoms with E-state index in [4.69, 9.17) is 0 Å². The van der Waals surface area contributed by atoms with Crippen molar-refractivity contribution in [2.24, 2.45) is 0 Å². The second-order valence-corrected chi connectivity index (χ2v) is 4.86. The Labute approximate surface area is 104 Å². The molecule has 2 N–H and O–H groups in total. The van der Waals surface area contributed by atoms with E-state index in [1.165, 1.54) is 13.0 Å². The Morgan fingerprint density at radius 2 is 1.89 bits per heavy atom. The highest BCUT2D eigenvalue weighted by Gasteiger charge is 2.57. The van der Waals surface area contributed by atoms with Gasteiger partial charge in [0.2, 0.25) is 0 Å². The first-order valence-corrected chi connectivity index (χ1v) is 5.74. The van der Waals surface area contributed by atoms with Crippen LogP contribution in [0.3, 0.4) is 0 Å². The van der Waals surface area contributed by atoms with E-state index >= 15 is 0 Å². The number of carbonyl (C=O) groups excluding carboxylic acids is 2. The van der Waals surface area contributed by atoms with E-state index in [0.717, 1.165) is 0 Å². The molecule has 0 heterocycles. The van der Waals surface area contributed by atoms with Gasteiger partial charge in [0, 0.05) is 5.56 Å². The highest BCUT2D eigenvalue weighted by molar-refractivity contribution is 6.13. The lowest BCUT2D eigenvalue weighted by atomic mass is 9.75. The predicted octanol–water partition coefficient (Wildman–Crippen LogP) is 0.587. The van der Waals surface area contributed by atoms with Crippen molar-refractivity contribution < 1.29 is 19.8 Å². The minimum absolute atomic E-state index is 0.224. The summed E-state index contributed by atoms with van der Waals surface area (Å²) in [5, 5.41) is 20.6. The van der Waals surface area contributed by atoms with Gasteiger partial charge in [-0.1, -0.05) is 24.3 Å². The Balaban J connectivity index is 2.29. The fourth-order valence-corrected chi connectivity index (χ4v) is 2.92. The van der Waals surface area contributed by atoms with Gasteiger partial charge in [-0.25, -0.2) is 0 Å². The standard InChI is InChI=1S/C14H12O4/c1-7-6-14(18)10(12(16)11(7)15)8-4-2-3-5-9(8)13(14)17/h2-6,10,12,16,18H,1H3/t10-,12-,14-/m0/s1. The molecule has 4 nitrogen and oxygen atoms in total. The molecule has 92 valence electrons. The van der Waals surface area contributed by atoms with Gasteiger partial charge in [0.05, 0.1) is 5.92 Å². The van der Waals surface area contributed by atoms with Crippen molar-refractivity contribution in [1.29, 1.82) is 0 Å². The number of benzene rings is 1. The summed E-state index contributed by atoms with van der Waals surface area (Å²) in [6.45, 7) is 1.50. The van der Waals surface area contributed by atoms with Crippen molar-refractivity contribution in [2.45, 2.75) is 24.5 Å². The molecule has 0 bridgehead atoms. The maximum absolute atomic E-state index is 12.2. The van der Waals surface area contributed by atoms with Gasteiger partial charge in [-0.05, 0) is 24.1 Å². The highest BCUT2D eigenvalue weighted by atomic mass is 16.3. The second-order valence-electron chi connectivity index (χ2n) is 4.86. The molecule has 2 aliphatic carbocycles. The minimum Gasteiger partial charge on any atom is -0.384 e. The van der Waals surface area contributed by atoms with E-state index in [2.05, 4.69) is 0 Å². The van der Waals surface area contributed by atoms with Crippen LogP contribution in [0.25, 0.3) is 0 Å². The molecule has 0 fully saturated rings. The number of aliphatic hydroxyl groups is 2. The number of hydrogen-bond acceptors (Lipinski definition) is 4. The van der Waals surface area contributed by atoms with Gasteiger partial charge in [-0.2, -0.15) is 0 Å². The van der Waals surface area contributed by atoms with Crippen LogP contribution in [0.15, 0.2) is 35.9 Å². The third kappa shape index (κ3) is 1.16. The first kappa shape index (κ1) is 11.3. The highest BCUT2D eigenvalue weighted by Crippen LogP contribution is 2.47. The van der Waals surface area contributed by atoms with Crippen LogP contribution in [0.1, 0.15) is 28.8 Å². The zero-order valence-corrected chi connectivity index (χ0v) is 9.75. The SMILES string of the molecule is CC1=C[C@@]2(O)C(=O)c3ccccc3[C@H]2[C@H](O)C1=O. The van der Waals surface area contributed by atoms with E-state index in [9.17, 15) is 19.8 Å². The van der Waals surface area contributed by atoms with Gasteiger partial charge >= 0.3 is 0 Å². The van der Waals surface area contributed by atoms with Gasteiger partial charge in [0.25, 0.3) is 0 Å². The van der Waals surface area contributed by atoms with Gasteiger partial charge in [0.15, 0.2) is 17.2 Å². The molecule has 0 unspecified atom stereocenters. The lowest BCUT2D eigenvalue weighted by Crippen LogP contribution is -2.49. The van der Waals surface area contributed by atoms with Gasteiger partial charge in [-0.15, -0.1) is 0 Å². The summed E-state index contributed by atoms with van der Waals surface area (Å²) >= 11 is 0. The monoisotopic (exact) mass is 244 g/mol. The van der Waals surface area contributed by atoms with Crippen LogP contribution < -0.4 is 0 Å². The largest absolute Gasteiger partial charge is 0.384 e. The number of rotatable bonds is 0. The van der Waals surface area contributed by atoms with E-state index in [1.54, 1.807) is 24.3 Å². The fraction of sp³-hybridized carbons (Fsp3) is 0.286. The topological polar surface area (TPSA) is 74.6 Å². The van der Waals surface area contributed by atoms with Crippen LogP contribution in [0, 0.1) is 0 Å². The molecular weight excluding hydrogens is 232 g/mol. The fourth-order valence-electron chi connectivity index (χ4n) is 2.92. The zero-order valence-electron chi connectivity index (χ0n) is 9.75. The molecule has 4 heteroatoms. The smallest absolute Gasteiger partial charge is 0.199 e. The molecule has 2 aliphatic rings. The molecule has 0 radical (unpaired) electrons. The number of hydrogen-bond donors (Lipinski definition) is 2. The molecule has 0 aliphatic heterocycles. The third-order valence-electron chi connectivity index (χ3n) is 3.79. The first-order chi connectivity index (χ1) is 8.47. The summed E-state index contributed by atoms with van der Waals surface area (Å²) in [4.78, 5) is 24.0. The van der Waals surface area contributed by atoms with E-state index in [-0.39, 0.29) is 5.57 Å². The van der Waals surface area contributed by atoms with Crippen LogP contribution in [0.5, 0.6) is 0 Å². The van der Waals surface area contributed by atoms with Gasteiger partial charge in [0.1, 0.15) is 6.10 Å². The van der Waals surface area contributed by atoms with E-state index < -0.39 is 29.2 Å². The maximum Gasteiger partial charge on any atom is 0.199 e. The van der Waals surface area contributed by atoms with Crippen molar-refractivity contribution in [1.82, 2.24) is 0 Å². The number of aliphatic hydroxyl groups excluding tert-OH is 1. The van der Waals surface area contributed by atoms with Crippen molar-refractivity contribution >= 4 is 11.6 Å². The van der Waals surface area contributed by atoms with Crippen molar-refractivity contribution in [2.75, 3.05) is 0 Å². The van der Waals surface area contributed by atoms with E-state index in [0.29, 0.717) is 11.1 Å². The Morgan fingerprint density at radius 1 is 1.22 bits per heavy atom. The summed E-state index contributed by atoms with van der Waals surface area (Å²) in [6, 6.07) is 6.69. The average Bonchev–Trinajstić information content (AvgIpc) is 2.57. The Bertz CT molecular complexity index is 602. The Morgan fingerprint density at radius 3 is 2.61 bits per heavy atom. The Hall–Kier alpha value is -1.78. The zero-order chi connectivity index (χ0) is 13.1. The molecular formula is C14H12O4. The maximum atomic E-state index is 12.2. The van der Waals surface area contributed by atoms with Crippen LogP contribution in [0.2, 0.25) is 0 Å².